The van der Waals surface area contributed by atoms with Crippen molar-refractivity contribution in [3.8, 4) is 0 Å². The molecule has 2 fully saturated rings. The lowest BCUT2D eigenvalue weighted by Gasteiger charge is -2.42. The third-order valence-electron chi connectivity index (χ3n) is 6.18. The maximum Gasteiger partial charge on any atom is 0.410 e. The van der Waals surface area contributed by atoms with Gasteiger partial charge in [0.05, 0.1) is 13.2 Å². The first-order valence-electron chi connectivity index (χ1n) is 11.8. The van der Waals surface area contributed by atoms with Crippen LogP contribution in [0.4, 0.5) is 4.79 Å². The van der Waals surface area contributed by atoms with Crippen LogP contribution >= 0.6 is 24.0 Å². The summed E-state index contributed by atoms with van der Waals surface area (Å²) < 4.78 is 11.1. The highest BCUT2D eigenvalue weighted by Gasteiger charge is 2.30. The average molecular weight is 568 g/mol. The number of amides is 1. The molecule has 2 rings (SSSR count). The van der Waals surface area contributed by atoms with Crippen LogP contribution in [-0.4, -0.2) is 104 Å². The summed E-state index contributed by atoms with van der Waals surface area (Å²) in [5.41, 5.74) is -0.409. The van der Waals surface area contributed by atoms with E-state index in [9.17, 15) is 4.79 Å². The van der Waals surface area contributed by atoms with Gasteiger partial charge >= 0.3 is 6.09 Å². The van der Waals surface area contributed by atoms with Gasteiger partial charge in [-0.25, -0.2) is 4.79 Å². The fourth-order valence-corrected chi connectivity index (χ4v) is 4.21. The van der Waals surface area contributed by atoms with Gasteiger partial charge in [-0.2, -0.15) is 0 Å². The van der Waals surface area contributed by atoms with E-state index in [4.69, 9.17) is 9.47 Å². The zero-order chi connectivity index (χ0) is 23.1. The Morgan fingerprint density at radius 1 is 1.12 bits per heavy atom. The smallest absolute Gasteiger partial charge is 0.410 e. The van der Waals surface area contributed by atoms with Crippen LogP contribution in [0.2, 0.25) is 0 Å². The minimum atomic E-state index is -0.457. The third kappa shape index (κ3) is 9.21. The van der Waals surface area contributed by atoms with Gasteiger partial charge in [-0.05, 0) is 60.3 Å². The van der Waals surface area contributed by atoms with Crippen LogP contribution < -0.4 is 5.32 Å². The molecule has 8 nitrogen and oxygen atoms in total. The predicted octanol–water partition coefficient (Wildman–Crippen LogP) is 3.26. The Labute approximate surface area is 212 Å². The van der Waals surface area contributed by atoms with Crippen LogP contribution in [0, 0.1) is 5.92 Å². The van der Waals surface area contributed by atoms with Crippen LogP contribution in [0.25, 0.3) is 0 Å². The molecular weight excluding hydrogens is 521 g/mol. The topological polar surface area (TPSA) is 69.6 Å². The molecule has 0 aromatic carbocycles. The fraction of sp³-hybridized carbons (Fsp3) is 0.913. The molecule has 9 heteroatoms. The molecule has 32 heavy (non-hydrogen) atoms. The Balaban J connectivity index is 0.00000512. The van der Waals surface area contributed by atoms with Gasteiger partial charge in [0.1, 0.15) is 5.60 Å². The third-order valence-corrected chi connectivity index (χ3v) is 6.18. The number of rotatable bonds is 6. The summed E-state index contributed by atoms with van der Waals surface area (Å²) in [4.78, 5) is 23.6. The largest absolute Gasteiger partial charge is 0.444 e. The molecule has 0 saturated carbocycles. The minimum Gasteiger partial charge on any atom is -0.444 e. The molecule has 0 bridgehead atoms. The molecule has 0 radical (unpaired) electrons. The van der Waals surface area contributed by atoms with E-state index in [-0.39, 0.29) is 35.6 Å². The quantitative estimate of drug-likeness (QED) is 0.302. The van der Waals surface area contributed by atoms with Crippen molar-refractivity contribution >= 4 is 36.0 Å². The van der Waals surface area contributed by atoms with E-state index in [0.717, 1.165) is 71.3 Å². The number of halogens is 1. The molecule has 2 aliphatic heterocycles. The molecule has 1 N–H and O–H groups in total. The van der Waals surface area contributed by atoms with Crippen LogP contribution in [0.3, 0.4) is 0 Å². The number of nitrogens with zero attached hydrogens (tertiary/aromatic N) is 4. The molecule has 1 amide bonds. The zero-order valence-electron chi connectivity index (χ0n) is 21.3. The van der Waals surface area contributed by atoms with Crippen LogP contribution in [0.1, 0.15) is 54.4 Å². The van der Waals surface area contributed by atoms with Crippen molar-refractivity contribution in [3.05, 3.63) is 0 Å². The van der Waals surface area contributed by atoms with Crippen molar-refractivity contribution in [1.29, 1.82) is 0 Å². The van der Waals surface area contributed by atoms with E-state index < -0.39 is 5.60 Å². The number of aliphatic imine (C=N–C) groups is 1. The molecule has 0 aromatic rings. The highest BCUT2D eigenvalue weighted by atomic mass is 127. The van der Waals surface area contributed by atoms with Gasteiger partial charge in [-0.1, -0.05) is 0 Å². The van der Waals surface area contributed by atoms with Crippen LogP contribution in [0.5, 0.6) is 0 Å². The van der Waals surface area contributed by atoms with E-state index in [1.165, 1.54) is 0 Å². The van der Waals surface area contributed by atoms with Gasteiger partial charge < -0.3 is 24.6 Å². The molecular formula is C23H46IN5O3. The molecule has 0 spiro atoms. The van der Waals surface area contributed by atoms with Crippen LogP contribution in [0.15, 0.2) is 4.99 Å². The Bertz CT molecular complexity index is 595. The Kier molecular flexibility index (Phi) is 12.0. The van der Waals surface area contributed by atoms with Crippen molar-refractivity contribution in [1.82, 2.24) is 20.0 Å². The normalized spacial score (nSPS) is 19.3. The lowest BCUT2D eigenvalue weighted by molar-refractivity contribution is -0.00853. The first-order valence-corrected chi connectivity index (χ1v) is 11.8. The highest BCUT2D eigenvalue weighted by Crippen LogP contribution is 2.21. The maximum atomic E-state index is 12.4. The first kappa shape index (κ1) is 29.2. The highest BCUT2D eigenvalue weighted by molar-refractivity contribution is 14.0. The van der Waals surface area contributed by atoms with Crippen molar-refractivity contribution in [3.63, 3.8) is 0 Å². The monoisotopic (exact) mass is 567 g/mol. The Morgan fingerprint density at radius 3 is 2.22 bits per heavy atom. The Morgan fingerprint density at radius 2 is 1.72 bits per heavy atom. The number of nitrogens with one attached hydrogen (secondary N) is 1. The van der Waals surface area contributed by atoms with Gasteiger partial charge in [0.15, 0.2) is 5.96 Å². The lowest BCUT2D eigenvalue weighted by atomic mass is 9.96. The minimum absolute atomic E-state index is 0. The molecule has 2 heterocycles. The summed E-state index contributed by atoms with van der Waals surface area (Å²) in [6.07, 6.45) is 1.89. The number of morpholine rings is 1. The SMILES string of the molecule is CCN(CC1CCN(C(=NC)NCC(C)(C)N2CCOCC2)CC1)C(=O)OC(C)(C)C.I. The summed E-state index contributed by atoms with van der Waals surface area (Å²) in [5, 5.41) is 3.60. The predicted molar refractivity (Wildman–Crippen MR) is 141 cm³/mol. The fourth-order valence-electron chi connectivity index (χ4n) is 4.21. The number of piperidine rings is 1. The number of guanidine groups is 1. The van der Waals surface area contributed by atoms with E-state index in [2.05, 4.69) is 34.0 Å². The van der Waals surface area contributed by atoms with Crippen molar-refractivity contribution < 1.29 is 14.3 Å². The summed E-state index contributed by atoms with van der Waals surface area (Å²) in [7, 11) is 1.86. The molecule has 2 aliphatic rings. The summed E-state index contributed by atoms with van der Waals surface area (Å²) in [6, 6.07) is 0. The second-order valence-corrected chi connectivity index (χ2v) is 10.3. The molecule has 0 aromatic heterocycles. The number of hydrogen-bond donors (Lipinski definition) is 1. The van der Waals surface area contributed by atoms with Crippen molar-refractivity contribution in [2.45, 2.75) is 65.5 Å². The second kappa shape index (κ2) is 13.2. The summed E-state index contributed by atoms with van der Waals surface area (Å²) in [6.45, 7) is 20.1. The molecule has 0 aliphatic carbocycles. The second-order valence-electron chi connectivity index (χ2n) is 10.3. The van der Waals surface area contributed by atoms with Gasteiger partial charge in [-0.15, -0.1) is 24.0 Å². The summed E-state index contributed by atoms with van der Waals surface area (Å²) >= 11 is 0. The Hall–Kier alpha value is -0.810. The number of carbonyl (C=O) groups excluding carboxylic acids is 1. The summed E-state index contributed by atoms with van der Waals surface area (Å²) in [5.74, 6) is 1.46. The maximum absolute atomic E-state index is 12.4. The molecule has 0 atom stereocenters. The van der Waals surface area contributed by atoms with Gasteiger partial charge in [-0.3, -0.25) is 9.89 Å². The number of likely N-dealkylation sites (tertiary alicyclic amines) is 1. The average Bonchev–Trinajstić information content (AvgIpc) is 2.72. The number of hydrogen-bond acceptors (Lipinski definition) is 5. The van der Waals surface area contributed by atoms with E-state index >= 15 is 0 Å². The van der Waals surface area contributed by atoms with Crippen molar-refractivity contribution in [2.75, 3.05) is 66.1 Å². The van der Waals surface area contributed by atoms with Crippen molar-refractivity contribution in [2.24, 2.45) is 10.9 Å². The lowest BCUT2D eigenvalue weighted by Crippen LogP contribution is -2.57. The molecule has 188 valence electrons. The van der Waals surface area contributed by atoms with E-state index in [0.29, 0.717) is 12.5 Å². The van der Waals surface area contributed by atoms with E-state index in [1.807, 2.05) is 39.6 Å². The van der Waals surface area contributed by atoms with E-state index in [1.54, 1.807) is 0 Å². The van der Waals surface area contributed by atoms with Crippen LogP contribution in [-0.2, 0) is 9.47 Å². The first-order chi connectivity index (χ1) is 14.6. The zero-order valence-corrected chi connectivity index (χ0v) is 23.6. The van der Waals surface area contributed by atoms with Gasteiger partial charge in [0.25, 0.3) is 0 Å². The number of ether oxygens (including phenoxy) is 2. The standard InChI is InChI=1S/C23H45N5O3.HI/c1-8-26(21(29)31-22(2,3)4)17-19-9-11-27(12-10-19)20(24-7)25-18-23(5,6)28-13-15-30-16-14-28;/h19H,8-18H2,1-7H3,(H,24,25);1H. The molecule has 2 saturated heterocycles. The number of carbonyl (C=O) groups is 1. The van der Waals surface area contributed by atoms with Gasteiger partial charge in [0.2, 0.25) is 0 Å². The molecule has 0 unspecified atom stereocenters. The van der Waals surface area contributed by atoms with Gasteiger partial charge in [0, 0.05) is 58.4 Å².